The van der Waals surface area contributed by atoms with Crippen molar-refractivity contribution in [3.8, 4) is 0 Å². The van der Waals surface area contributed by atoms with Gasteiger partial charge in [-0.2, -0.15) is 4.31 Å². The molecule has 2 aromatic carbocycles. The van der Waals surface area contributed by atoms with Crippen LogP contribution in [-0.2, 0) is 10.0 Å². The van der Waals surface area contributed by atoms with E-state index in [0.717, 1.165) is 54.9 Å². The van der Waals surface area contributed by atoms with Gasteiger partial charge in [-0.3, -0.25) is 4.90 Å². The number of aliphatic hydroxyl groups is 1. The van der Waals surface area contributed by atoms with E-state index >= 15 is 0 Å². The van der Waals surface area contributed by atoms with E-state index in [1.807, 2.05) is 23.1 Å². The second kappa shape index (κ2) is 9.63. The number of hydrogen-bond donors (Lipinski definition) is 2. The number of anilines is 4. The van der Waals surface area contributed by atoms with E-state index < -0.39 is 15.6 Å². The van der Waals surface area contributed by atoms with Crippen LogP contribution in [0.2, 0.25) is 0 Å². The highest BCUT2D eigenvalue weighted by Gasteiger charge is 2.55. The molecule has 2 N–H and O–H groups in total. The summed E-state index contributed by atoms with van der Waals surface area (Å²) in [6.07, 6.45) is 6.09. The van der Waals surface area contributed by atoms with E-state index in [1.54, 1.807) is 0 Å². The van der Waals surface area contributed by atoms with Crippen LogP contribution < -0.4 is 20.0 Å². The molecule has 5 fully saturated rings. The number of fused-ring (bicyclic) bond motifs is 1. The Bertz CT molecular complexity index is 1380. The van der Waals surface area contributed by atoms with E-state index in [2.05, 4.69) is 45.4 Å². The maximum atomic E-state index is 13.7. The Morgan fingerprint density at radius 2 is 1.48 bits per heavy atom. The van der Waals surface area contributed by atoms with E-state index in [1.165, 1.54) is 10.6 Å². The molecule has 4 bridgehead atoms. The van der Waals surface area contributed by atoms with Gasteiger partial charge in [0.2, 0.25) is 10.0 Å². The monoisotopic (exact) mass is 565 g/mol. The number of nitrogens with zero attached hydrogens (tertiary/aromatic N) is 4. The Labute approximate surface area is 236 Å². The fraction of sp³-hybridized carbons (Fsp3) is 0.567. The molecule has 6 aliphatic rings. The molecular weight excluding hydrogens is 526 g/mol. The molecule has 40 heavy (non-hydrogen) atoms. The lowest BCUT2D eigenvalue weighted by Gasteiger charge is -2.58. The Kier molecular flexibility index (Phi) is 6.29. The lowest BCUT2D eigenvalue weighted by molar-refractivity contribution is -0.136. The van der Waals surface area contributed by atoms with Gasteiger partial charge < -0.3 is 20.2 Å². The predicted molar refractivity (Wildman–Crippen MR) is 157 cm³/mol. The van der Waals surface area contributed by atoms with Crippen molar-refractivity contribution < 1.29 is 18.3 Å². The number of piperazine rings is 1. The van der Waals surface area contributed by atoms with Crippen LogP contribution in [0, 0.1) is 17.8 Å². The zero-order chi connectivity index (χ0) is 27.6. The van der Waals surface area contributed by atoms with Crippen molar-refractivity contribution in [3.63, 3.8) is 0 Å². The lowest BCUT2D eigenvalue weighted by atomic mass is 9.52. The zero-order valence-corrected chi connectivity index (χ0v) is 23.9. The minimum Gasteiger partial charge on any atom is -0.390 e. The minimum absolute atomic E-state index is 0.0276. The number of hydrogen-bond acceptors (Lipinski definition) is 6. The molecule has 2 heterocycles. The van der Waals surface area contributed by atoms with Crippen LogP contribution >= 0.6 is 0 Å². The summed E-state index contributed by atoms with van der Waals surface area (Å²) >= 11 is 0. The average Bonchev–Trinajstić information content (AvgIpc) is 2.93. The highest BCUT2D eigenvalue weighted by Crippen LogP contribution is 2.55. The number of amides is 2. The lowest BCUT2D eigenvalue weighted by Crippen LogP contribution is -2.63. The van der Waals surface area contributed by atoms with Gasteiger partial charge in [-0.1, -0.05) is 12.1 Å². The summed E-state index contributed by atoms with van der Waals surface area (Å²) in [5.74, 6) is 1.37. The summed E-state index contributed by atoms with van der Waals surface area (Å²) < 4.78 is 25.2. The van der Waals surface area contributed by atoms with Gasteiger partial charge in [-0.15, -0.1) is 0 Å². The molecule has 214 valence electrons. The van der Waals surface area contributed by atoms with Crippen molar-refractivity contribution in [3.05, 3.63) is 48.5 Å². The van der Waals surface area contributed by atoms with Crippen molar-refractivity contribution >= 4 is 38.8 Å². The molecule has 9 nitrogen and oxygen atoms in total. The van der Waals surface area contributed by atoms with E-state index in [0.29, 0.717) is 57.0 Å². The van der Waals surface area contributed by atoms with E-state index in [9.17, 15) is 18.3 Å². The number of benzene rings is 2. The molecule has 4 aliphatic carbocycles. The van der Waals surface area contributed by atoms with E-state index in [4.69, 9.17) is 0 Å². The van der Waals surface area contributed by atoms with Crippen molar-refractivity contribution in [2.75, 3.05) is 60.2 Å². The summed E-state index contributed by atoms with van der Waals surface area (Å²) in [5, 5.41) is 14.4. The maximum absolute atomic E-state index is 13.7. The Balaban J connectivity index is 1.05. The third kappa shape index (κ3) is 4.63. The molecule has 2 amide bonds. The average molecular weight is 566 g/mol. The van der Waals surface area contributed by atoms with Crippen molar-refractivity contribution in [1.29, 1.82) is 0 Å². The van der Waals surface area contributed by atoms with Gasteiger partial charge in [0.15, 0.2) is 0 Å². The molecule has 4 saturated carbocycles. The van der Waals surface area contributed by atoms with Gasteiger partial charge in [0.1, 0.15) is 0 Å². The SMILES string of the molecule is CS(=O)(=O)N1CCN(c2ccc(N3CCN(C(=O)NC4[C@@H]5CC6C[C@H]4CC(O)(C6)C5)c4ccccc43)cc2)CC1. The molecule has 3 unspecified atom stereocenters. The van der Waals surface area contributed by atoms with Crippen LogP contribution in [0.5, 0.6) is 0 Å². The summed E-state index contributed by atoms with van der Waals surface area (Å²) in [7, 11) is -3.15. The Morgan fingerprint density at radius 3 is 2.10 bits per heavy atom. The van der Waals surface area contributed by atoms with Crippen LogP contribution in [0.1, 0.15) is 32.1 Å². The van der Waals surface area contributed by atoms with Crippen LogP contribution in [0.15, 0.2) is 48.5 Å². The molecule has 10 heteroatoms. The summed E-state index contributed by atoms with van der Waals surface area (Å²) in [6, 6.07) is 16.7. The van der Waals surface area contributed by atoms with E-state index in [-0.39, 0.29) is 12.1 Å². The molecule has 8 rings (SSSR count). The summed E-state index contributed by atoms with van der Waals surface area (Å²) in [4.78, 5) is 20.1. The van der Waals surface area contributed by atoms with Gasteiger partial charge in [0.05, 0.1) is 23.2 Å². The second-order valence-corrected chi connectivity index (χ2v) is 14.6. The van der Waals surface area contributed by atoms with Crippen molar-refractivity contribution in [1.82, 2.24) is 9.62 Å². The number of rotatable bonds is 4. The number of carbonyl (C=O) groups is 1. The number of nitrogens with one attached hydrogen (secondary N) is 1. The van der Waals surface area contributed by atoms with Crippen LogP contribution in [-0.4, -0.2) is 81.0 Å². The first-order valence-electron chi connectivity index (χ1n) is 14.6. The van der Waals surface area contributed by atoms with Crippen LogP contribution in [0.4, 0.5) is 27.5 Å². The Morgan fingerprint density at radius 1 is 0.850 bits per heavy atom. The topological polar surface area (TPSA) is 96.4 Å². The highest BCUT2D eigenvalue weighted by molar-refractivity contribution is 7.88. The first kappa shape index (κ1) is 26.1. The number of para-hydroxylation sites is 2. The molecule has 0 aromatic heterocycles. The number of sulfonamides is 1. The van der Waals surface area contributed by atoms with Gasteiger partial charge in [0, 0.05) is 56.7 Å². The largest absolute Gasteiger partial charge is 0.390 e. The molecule has 1 saturated heterocycles. The van der Waals surface area contributed by atoms with Crippen LogP contribution in [0.3, 0.4) is 0 Å². The van der Waals surface area contributed by atoms with Crippen LogP contribution in [0.25, 0.3) is 0 Å². The first-order valence-corrected chi connectivity index (χ1v) is 16.5. The number of carbonyl (C=O) groups excluding carboxylic acids is 1. The molecule has 2 aliphatic heterocycles. The van der Waals surface area contributed by atoms with Crippen molar-refractivity contribution in [2.45, 2.75) is 43.7 Å². The van der Waals surface area contributed by atoms with Gasteiger partial charge in [-0.05, 0) is 86.3 Å². The fourth-order valence-electron chi connectivity index (χ4n) is 8.40. The third-order valence-corrected chi connectivity index (χ3v) is 11.3. The second-order valence-electron chi connectivity index (χ2n) is 12.6. The smallest absolute Gasteiger partial charge is 0.322 e. The standard InChI is InChI=1S/C30H39N5O4S/c1-40(38,39)33-12-10-32(11-13-33)24-6-8-25(9-7-24)34-14-15-35(27-5-3-2-4-26(27)34)29(36)31-28-22-16-21-17-23(28)20-30(37,18-21)19-22/h2-9,21-23,28,37H,10-20H2,1H3,(H,31,36)/t21?,22-,23+,28?,30?. The molecular formula is C30H39N5O4S. The molecule has 2 aromatic rings. The van der Waals surface area contributed by atoms with Crippen molar-refractivity contribution in [2.24, 2.45) is 17.8 Å². The van der Waals surface area contributed by atoms with Gasteiger partial charge >= 0.3 is 6.03 Å². The summed E-state index contributed by atoms with van der Waals surface area (Å²) in [5.41, 5.74) is 3.58. The minimum atomic E-state index is -3.15. The summed E-state index contributed by atoms with van der Waals surface area (Å²) in [6.45, 7) is 3.63. The first-order chi connectivity index (χ1) is 19.2. The predicted octanol–water partition coefficient (Wildman–Crippen LogP) is 3.38. The third-order valence-electron chi connectivity index (χ3n) is 10.0. The maximum Gasteiger partial charge on any atom is 0.322 e. The molecule has 0 radical (unpaired) electrons. The van der Waals surface area contributed by atoms with Gasteiger partial charge in [-0.25, -0.2) is 13.2 Å². The normalized spacial score (nSPS) is 31.8. The quantitative estimate of drug-likeness (QED) is 0.590. The number of urea groups is 1. The fourth-order valence-corrected chi connectivity index (χ4v) is 9.23. The van der Waals surface area contributed by atoms with Gasteiger partial charge in [0.25, 0.3) is 0 Å². The highest BCUT2D eigenvalue weighted by atomic mass is 32.2. The molecule has 0 spiro atoms. The molecule has 5 atom stereocenters. The Hall–Kier alpha value is -2.82. The zero-order valence-electron chi connectivity index (χ0n) is 23.1.